The monoisotopic (exact) mass is 230 g/mol. The number of hydrogen-bond donors (Lipinski definition) is 0. The molecule has 1 aromatic rings. The van der Waals surface area contributed by atoms with Gasteiger partial charge in [-0.15, -0.1) is 0 Å². The first-order valence-electron chi connectivity index (χ1n) is 4.23. The lowest BCUT2D eigenvalue weighted by Gasteiger charge is -2.03. The van der Waals surface area contributed by atoms with E-state index in [0.717, 1.165) is 0 Å². The third-order valence-corrected chi connectivity index (χ3v) is 2.82. The van der Waals surface area contributed by atoms with E-state index in [1.165, 1.54) is 0 Å². The van der Waals surface area contributed by atoms with Crippen molar-refractivity contribution >= 4 is 29.2 Å². The molecule has 0 amide bonds. The summed E-state index contributed by atoms with van der Waals surface area (Å²) < 4.78 is 4.19. The number of hydrogen-bond acceptors (Lipinski definition) is 2. The van der Waals surface area contributed by atoms with Gasteiger partial charge in [-0.2, -0.15) is 0 Å². The van der Waals surface area contributed by atoms with Crippen molar-refractivity contribution in [2.45, 2.75) is 16.9 Å². The van der Waals surface area contributed by atoms with E-state index in [9.17, 15) is 4.79 Å². The van der Waals surface area contributed by atoms with Gasteiger partial charge in [0, 0.05) is 6.42 Å². The number of esters is 1. The fourth-order valence-corrected chi connectivity index (χ4v) is 1.46. The third-order valence-electron chi connectivity index (χ3n) is 2.03. The molecular formula is C10H8Cl2O2. The third kappa shape index (κ3) is 2.02. The number of benzene rings is 1. The largest absolute Gasteiger partial charge is 0.455 e. The summed E-state index contributed by atoms with van der Waals surface area (Å²) in [5, 5.41) is 0. The van der Waals surface area contributed by atoms with E-state index in [1.54, 1.807) is 24.3 Å². The second-order valence-electron chi connectivity index (χ2n) is 3.23. The minimum Gasteiger partial charge on any atom is -0.455 e. The van der Waals surface area contributed by atoms with Crippen LogP contribution >= 0.6 is 23.2 Å². The van der Waals surface area contributed by atoms with E-state index in [0.29, 0.717) is 12.0 Å². The van der Waals surface area contributed by atoms with E-state index in [2.05, 4.69) is 0 Å². The molecular weight excluding hydrogens is 223 g/mol. The summed E-state index contributed by atoms with van der Waals surface area (Å²) >= 11 is 11.5. The molecule has 4 heteroatoms. The highest BCUT2D eigenvalue weighted by molar-refractivity contribution is 6.51. The van der Waals surface area contributed by atoms with E-state index in [-0.39, 0.29) is 12.1 Å². The van der Waals surface area contributed by atoms with Crippen molar-refractivity contribution in [1.29, 1.82) is 0 Å². The van der Waals surface area contributed by atoms with Gasteiger partial charge in [0.05, 0.1) is 5.56 Å². The van der Waals surface area contributed by atoms with E-state index in [1.807, 2.05) is 6.07 Å². The summed E-state index contributed by atoms with van der Waals surface area (Å²) in [6.07, 6.45) is 0.146. The number of rotatable bonds is 2. The normalized spacial score (nSPS) is 22.9. The highest BCUT2D eigenvalue weighted by Gasteiger charge is 2.55. The van der Waals surface area contributed by atoms with Gasteiger partial charge in [0.2, 0.25) is 0 Å². The summed E-state index contributed by atoms with van der Waals surface area (Å²) in [4.78, 5) is 11.4. The van der Waals surface area contributed by atoms with Gasteiger partial charge in [-0.05, 0) is 12.1 Å². The van der Waals surface area contributed by atoms with Crippen LogP contribution in [0, 0.1) is 0 Å². The summed E-state index contributed by atoms with van der Waals surface area (Å²) in [6.45, 7) is 0. The Morgan fingerprint density at radius 2 is 1.93 bits per heavy atom. The van der Waals surface area contributed by atoms with Crippen molar-refractivity contribution in [1.82, 2.24) is 0 Å². The van der Waals surface area contributed by atoms with Gasteiger partial charge < -0.3 is 4.74 Å². The van der Waals surface area contributed by atoms with Gasteiger partial charge in [-0.25, -0.2) is 4.79 Å². The lowest BCUT2D eigenvalue weighted by Crippen LogP contribution is -2.10. The van der Waals surface area contributed by atoms with Crippen molar-refractivity contribution < 1.29 is 9.53 Å². The molecule has 1 aliphatic rings. The molecule has 14 heavy (non-hydrogen) atoms. The van der Waals surface area contributed by atoms with Crippen LogP contribution in [0.3, 0.4) is 0 Å². The molecule has 0 radical (unpaired) electrons. The van der Waals surface area contributed by atoms with Crippen molar-refractivity contribution in [3.63, 3.8) is 0 Å². The Bertz CT molecular complexity index is 348. The Kier molecular flexibility index (Phi) is 2.41. The van der Waals surface area contributed by atoms with Crippen LogP contribution in [0.4, 0.5) is 0 Å². The zero-order valence-electron chi connectivity index (χ0n) is 7.24. The summed E-state index contributed by atoms with van der Waals surface area (Å²) in [7, 11) is 0. The minimum absolute atomic E-state index is 0.362. The maximum absolute atomic E-state index is 11.4. The molecule has 1 fully saturated rings. The van der Waals surface area contributed by atoms with Crippen LogP contribution in [0.2, 0.25) is 0 Å². The molecule has 1 saturated carbocycles. The quantitative estimate of drug-likeness (QED) is 0.577. The molecule has 0 aliphatic heterocycles. The summed E-state index contributed by atoms with van der Waals surface area (Å²) in [6, 6.07) is 8.77. The van der Waals surface area contributed by atoms with Crippen LogP contribution in [0.1, 0.15) is 16.8 Å². The van der Waals surface area contributed by atoms with E-state index < -0.39 is 4.33 Å². The maximum atomic E-state index is 11.4. The number of ether oxygens (including phenoxy) is 1. The highest BCUT2D eigenvalue weighted by atomic mass is 35.5. The first kappa shape index (κ1) is 9.81. The van der Waals surface area contributed by atoms with Crippen LogP contribution in [0.25, 0.3) is 0 Å². The zero-order chi connectivity index (χ0) is 10.2. The van der Waals surface area contributed by atoms with Crippen LogP contribution < -0.4 is 0 Å². The Balaban J connectivity index is 1.98. The number of carbonyl (C=O) groups excluding carboxylic acids is 1. The number of halogens is 2. The van der Waals surface area contributed by atoms with E-state index in [4.69, 9.17) is 27.9 Å². The van der Waals surface area contributed by atoms with Gasteiger partial charge in [0.15, 0.2) is 4.33 Å². The molecule has 0 spiro atoms. The van der Waals surface area contributed by atoms with Gasteiger partial charge in [0.25, 0.3) is 0 Å². The first-order valence-corrected chi connectivity index (χ1v) is 4.99. The molecule has 0 bridgehead atoms. The van der Waals surface area contributed by atoms with Crippen LogP contribution in [0.5, 0.6) is 0 Å². The molecule has 2 rings (SSSR count). The van der Waals surface area contributed by atoms with Crippen molar-refractivity contribution in [2.75, 3.05) is 0 Å². The van der Waals surface area contributed by atoms with Gasteiger partial charge in [0.1, 0.15) is 6.10 Å². The molecule has 2 nitrogen and oxygen atoms in total. The molecule has 1 aromatic carbocycles. The molecule has 0 N–H and O–H groups in total. The van der Waals surface area contributed by atoms with Gasteiger partial charge >= 0.3 is 5.97 Å². The Morgan fingerprint density at radius 3 is 2.43 bits per heavy atom. The van der Waals surface area contributed by atoms with Crippen molar-refractivity contribution in [3.8, 4) is 0 Å². The van der Waals surface area contributed by atoms with Crippen molar-refractivity contribution in [3.05, 3.63) is 35.9 Å². The maximum Gasteiger partial charge on any atom is 0.338 e. The average Bonchev–Trinajstić information content (AvgIpc) is 2.75. The topological polar surface area (TPSA) is 26.3 Å². The molecule has 74 valence electrons. The SMILES string of the molecule is O=C(O[C@H]1CC1(Cl)Cl)c1ccccc1. The second-order valence-corrected chi connectivity index (χ2v) is 4.77. The first-order chi connectivity index (χ1) is 6.59. The molecule has 0 unspecified atom stereocenters. The van der Waals surface area contributed by atoms with Crippen LogP contribution in [-0.2, 0) is 4.74 Å². The Hall–Kier alpha value is -0.730. The zero-order valence-corrected chi connectivity index (χ0v) is 8.76. The Morgan fingerprint density at radius 1 is 1.36 bits per heavy atom. The molecule has 0 saturated heterocycles. The van der Waals surface area contributed by atoms with E-state index >= 15 is 0 Å². The lowest BCUT2D eigenvalue weighted by molar-refractivity contribution is 0.0468. The molecule has 1 aliphatic carbocycles. The van der Waals surface area contributed by atoms with Crippen LogP contribution in [-0.4, -0.2) is 16.4 Å². The molecule has 0 heterocycles. The Labute approximate surface area is 91.8 Å². The predicted molar refractivity (Wildman–Crippen MR) is 54.7 cm³/mol. The smallest absolute Gasteiger partial charge is 0.338 e. The van der Waals surface area contributed by atoms with Crippen LogP contribution in [0.15, 0.2) is 30.3 Å². The van der Waals surface area contributed by atoms with Crippen molar-refractivity contribution in [2.24, 2.45) is 0 Å². The summed E-state index contributed by atoms with van der Waals surface area (Å²) in [5.41, 5.74) is 0.517. The predicted octanol–water partition coefficient (Wildman–Crippen LogP) is 2.79. The van der Waals surface area contributed by atoms with Gasteiger partial charge in [-0.3, -0.25) is 0 Å². The number of carbonyl (C=O) groups is 1. The lowest BCUT2D eigenvalue weighted by atomic mass is 10.2. The second kappa shape index (κ2) is 3.44. The fraction of sp³-hybridized carbons (Fsp3) is 0.300. The fourth-order valence-electron chi connectivity index (χ4n) is 1.09. The minimum atomic E-state index is -0.871. The van der Waals surface area contributed by atoms with Gasteiger partial charge in [-0.1, -0.05) is 41.4 Å². The number of alkyl halides is 2. The standard InChI is InChI=1S/C10H8Cl2O2/c11-10(12)6-8(10)14-9(13)7-4-2-1-3-5-7/h1-5,8H,6H2/t8-/m0/s1. The average molecular weight is 231 g/mol. The highest BCUT2D eigenvalue weighted by Crippen LogP contribution is 2.49. The molecule has 1 atom stereocenters. The molecule has 0 aromatic heterocycles. The summed E-state index contributed by atoms with van der Waals surface area (Å²) in [5.74, 6) is -0.376.